The summed E-state index contributed by atoms with van der Waals surface area (Å²) in [6.07, 6.45) is 7.50. The van der Waals surface area contributed by atoms with Gasteiger partial charge in [0, 0.05) is 5.56 Å². The highest BCUT2D eigenvalue weighted by molar-refractivity contribution is 6.14. The SMILES string of the molecule is C=C/C(=C\C=C/C)C(=NCC(=O)OCC)c1ccccc1. The van der Waals surface area contributed by atoms with Crippen molar-refractivity contribution in [2.75, 3.05) is 13.2 Å². The van der Waals surface area contributed by atoms with Crippen molar-refractivity contribution in [2.24, 2.45) is 4.99 Å². The molecule has 0 radical (unpaired) electrons. The number of hydrogen-bond acceptors (Lipinski definition) is 3. The fourth-order valence-electron chi connectivity index (χ4n) is 1.74. The minimum Gasteiger partial charge on any atom is -0.465 e. The van der Waals surface area contributed by atoms with Gasteiger partial charge in [-0.1, -0.05) is 61.2 Å². The van der Waals surface area contributed by atoms with E-state index in [0.717, 1.165) is 16.8 Å². The summed E-state index contributed by atoms with van der Waals surface area (Å²) < 4.78 is 4.92. The van der Waals surface area contributed by atoms with E-state index in [-0.39, 0.29) is 12.5 Å². The van der Waals surface area contributed by atoms with E-state index >= 15 is 0 Å². The molecule has 110 valence electrons. The molecule has 0 heterocycles. The first-order chi connectivity index (χ1) is 10.2. The monoisotopic (exact) mass is 283 g/mol. The van der Waals surface area contributed by atoms with Crippen LogP contribution in [0.2, 0.25) is 0 Å². The Morgan fingerprint density at radius 3 is 2.62 bits per heavy atom. The molecule has 0 atom stereocenters. The fraction of sp³-hybridized carbons (Fsp3) is 0.222. The fourth-order valence-corrected chi connectivity index (χ4v) is 1.74. The smallest absolute Gasteiger partial charge is 0.327 e. The number of ether oxygens (including phenoxy) is 1. The van der Waals surface area contributed by atoms with Crippen LogP contribution in [0.1, 0.15) is 19.4 Å². The van der Waals surface area contributed by atoms with Crippen molar-refractivity contribution in [3.8, 4) is 0 Å². The zero-order valence-corrected chi connectivity index (χ0v) is 12.6. The van der Waals surface area contributed by atoms with E-state index in [9.17, 15) is 4.79 Å². The predicted octanol–water partition coefficient (Wildman–Crippen LogP) is 3.73. The highest BCUT2D eigenvalue weighted by Crippen LogP contribution is 2.11. The van der Waals surface area contributed by atoms with Crippen molar-refractivity contribution >= 4 is 11.7 Å². The van der Waals surface area contributed by atoms with Crippen molar-refractivity contribution in [2.45, 2.75) is 13.8 Å². The number of esters is 1. The van der Waals surface area contributed by atoms with Crippen molar-refractivity contribution in [3.63, 3.8) is 0 Å². The van der Waals surface area contributed by atoms with Crippen LogP contribution in [0.4, 0.5) is 0 Å². The lowest BCUT2D eigenvalue weighted by Gasteiger charge is -2.08. The number of rotatable bonds is 7. The highest BCUT2D eigenvalue weighted by Gasteiger charge is 2.08. The molecule has 0 amide bonds. The summed E-state index contributed by atoms with van der Waals surface area (Å²) in [5.41, 5.74) is 2.54. The molecular weight excluding hydrogens is 262 g/mol. The summed E-state index contributed by atoms with van der Waals surface area (Å²) in [5, 5.41) is 0. The third-order valence-electron chi connectivity index (χ3n) is 2.68. The normalized spacial score (nSPS) is 12.5. The Labute approximate surface area is 126 Å². The number of carbonyl (C=O) groups excluding carboxylic acids is 1. The number of allylic oxidation sites excluding steroid dienone is 5. The van der Waals surface area contributed by atoms with E-state index in [4.69, 9.17) is 4.74 Å². The van der Waals surface area contributed by atoms with Gasteiger partial charge in [0.2, 0.25) is 0 Å². The minimum atomic E-state index is -0.333. The van der Waals surface area contributed by atoms with Gasteiger partial charge in [0.15, 0.2) is 0 Å². The third-order valence-corrected chi connectivity index (χ3v) is 2.68. The van der Waals surface area contributed by atoms with Gasteiger partial charge < -0.3 is 4.74 Å². The molecule has 3 heteroatoms. The molecular formula is C18H21NO2. The summed E-state index contributed by atoms with van der Waals surface area (Å²) in [5.74, 6) is -0.333. The first kappa shape index (κ1) is 16.6. The zero-order chi connectivity index (χ0) is 15.5. The zero-order valence-electron chi connectivity index (χ0n) is 12.6. The number of nitrogens with zero attached hydrogens (tertiary/aromatic N) is 1. The van der Waals surface area contributed by atoms with E-state index in [1.54, 1.807) is 13.0 Å². The van der Waals surface area contributed by atoms with Gasteiger partial charge >= 0.3 is 5.97 Å². The molecule has 3 nitrogen and oxygen atoms in total. The first-order valence-corrected chi connectivity index (χ1v) is 6.94. The molecule has 0 aliphatic rings. The lowest BCUT2D eigenvalue weighted by atomic mass is 10.0. The van der Waals surface area contributed by atoms with Crippen LogP contribution in [0.25, 0.3) is 0 Å². The molecule has 0 saturated heterocycles. The molecule has 0 aliphatic carbocycles. The Bertz CT molecular complexity index is 554. The second-order valence-corrected chi connectivity index (χ2v) is 4.19. The van der Waals surface area contributed by atoms with Crippen LogP contribution in [0, 0.1) is 0 Å². The lowest BCUT2D eigenvalue weighted by molar-refractivity contribution is -0.141. The average Bonchev–Trinajstić information content (AvgIpc) is 2.51. The molecule has 0 saturated carbocycles. The maximum absolute atomic E-state index is 11.5. The average molecular weight is 283 g/mol. The van der Waals surface area contributed by atoms with Gasteiger partial charge in [-0.05, 0) is 19.4 Å². The predicted molar refractivity (Wildman–Crippen MR) is 87.6 cm³/mol. The molecule has 0 N–H and O–H groups in total. The highest BCUT2D eigenvalue weighted by atomic mass is 16.5. The maximum Gasteiger partial charge on any atom is 0.327 e. The van der Waals surface area contributed by atoms with E-state index < -0.39 is 0 Å². The van der Waals surface area contributed by atoms with Gasteiger partial charge in [-0.25, -0.2) is 0 Å². The Balaban J connectivity index is 3.14. The quantitative estimate of drug-likeness (QED) is 0.434. The molecule has 0 aliphatic heterocycles. The van der Waals surface area contributed by atoms with Crippen LogP contribution in [-0.4, -0.2) is 24.8 Å². The van der Waals surface area contributed by atoms with Crippen molar-refractivity contribution < 1.29 is 9.53 Å². The van der Waals surface area contributed by atoms with E-state index in [1.165, 1.54) is 0 Å². The molecule has 0 aromatic heterocycles. The van der Waals surface area contributed by atoms with Gasteiger partial charge in [-0.2, -0.15) is 0 Å². The van der Waals surface area contributed by atoms with Crippen LogP contribution in [0.3, 0.4) is 0 Å². The van der Waals surface area contributed by atoms with Gasteiger partial charge in [0.25, 0.3) is 0 Å². The van der Waals surface area contributed by atoms with Crippen molar-refractivity contribution in [3.05, 3.63) is 72.4 Å². The van der Waals surface area contributed by atoms with E-state index in [2.05, 4.69) is 11.6 Å². The Morgan fingerprint density at radius 2 is 2.05 bits per heavy atom. The van der Waals surface area contributed by atoms with Gasteiger partial charge in [0.05, 0.1) is 12.3 Å². The Morgan fingerprint density at radius 1 is 1.33 bits per heavy atom. The number of carbonyl (C=O) groups is 1. The summed E-state index contributed by atoms with van der Waals surface area (Å²) in [6.45, 7) is 7.90. The molecule has 21 heavy (non-hydrogen) atoms. The van der Waals surface area contributed by atoms with Crippen LogP contribution >= 0.6 is 0 Å². The molecule has 1 aromatic carbocycles. The molecule has 1 aromatic rings. The maximum atomic E-state index is 11.5. The van der Waals surface area contributed by atoms with Crippen LogP contribution in [0.15, 0.2) is 71.8 Å². The van der Waals surface area contributed by atoms with E-state index in [1.807, 2.05) is 55.5 Å². The third kappa shape index (κ3) is 5.61. The van der Waals surface area contributed by atoms with Crippen molar-refractivity contribution in [1.29, 1.82) is 0 Å². The second-order valence-electron chi connectivity index (χ2n) is 4.19. The largest absolute Gasteiger partial charge is 0.465 e. The van der Waals surface area contributed by atoms with E-state index in [0.29, 0.717) is 6.61 Å². The second kappa shape index (κ2) is 9.48. The molecule has 0 bridgehead atoms. The van der Waals surface area contributed by atoms with Crippen molar-refractivity contribution in [1.82, 2.24) is 0 Å². The summed E-state index contributed by atoms with van der Waals surface area (Å²) >= 11 is 0. The Hall–Kier alpha value is -2.42. The first-order valence-electron chi connectivity index (χ1n) is 6.94. The van der Waals surface area contributed by atoms with Crippen LogP contribution in [0.5, 0.6) is 0 Å². The standard InChI is InChI=1S/C18H21NO2/c1-4-7-11-15(5-2)18(16-12-9-8-10-13-16)19-14-17(20)21-6-3/h4-5,7-13H,2,6,14H2,1,3H3/b7-4-,15-11+,19-18?. The summed E-state index contributed by atoms with van der Waals surface area (Å²) in [4.78, 5) is 15.9. The molecule has 1 rings (SSSR count). The Kier molecular flexibility index (Phi) is 7.51. The molecule has 0 unspecified atom stereocenters. The summed E-state index contributed by atoms with van der Waals surface area (Å²) in [6, 6.07) is 9.72. The number of aliphatic imine (C=N–C) groups is 1. The number of benzene rings is 1. The molecule has 0 spiro atoms. The lowest BCUT2D eigenvalue weighted by Crippen LogP contribution is -2.12. The van der Waals surface area contributed by atoms with Crippen LogP contribution in [-0.2, 0) is 9.53 Å². The minimum absolute atomic E-state index is 0.000906. The molecule has 0 fully saturated rings. The van der Waals surface area contributed by atoms with Gasteiger partial charge in [-0.15, -0.1) is 0 Å². The summed E-state index contributed by atoms with van der Waals surface area (Å²) in [7, 11) is 0. The van der Waals surface area contributed by atoms with Gasteiger partial charge in [-0.3, -0.25) is 9.79 Å². The van der Waals surface area contributed by atoms with Crippen LogP contribution < -0.4 is 0 Å². The topological polar surface area (TPSA) is 38.7 Å². The van der Waals surface area contributed by atoms with Gasteiger partial charge in [0.1, 0.15) is 6.54 Å². The number of hydrogen-bond donors (Lipinski definition) is 0.